The number of aromatic nitrogens is 2. The molecule has 0 bridgehead atoms. The minimum atomic E-state index is -4.60. The van der Waals surface area contributed by atoms with Gasteiger partial charge >= 0.3 is 12.4 Å². The minimum Gasteiger partial charge on any atom is -0.378 e. The number of morpholine rings is 1. The van der Waals surface area contributed by atoms with E-state index in [1.807, 2.05) is 4.90 Å². The van der Waals surface area contributed by atoms with Crippen LogP contribution in [0.4, 0.5) is 43.8 Å². The molecule has 1 aromatic carbocycles. The predicted molar refractivity (Wildman–Crippen MR) is 139 cm³/mol. The van der Waals surface area contributed by atoms with Crippen molar-refractivity contribution in [1.29, 1.82) is 0 Å². The lowest BCUT2D eigenvalue weighted by Crippen LogP contribution is -2.51. The molecule has 0 spiro atoms. The number of aliphatic imine (C=N–C) groups is 1. The lowest BCUT2D eigenvalue weighted by atomic mass is 9.82. The maximum atomic E-state index is 14.1. The molecular formula is C26H27ClF6N6O. The number of ether oxygens (including phenoxy) is 1. The summed E-state index contributed by atoms with van der Waals surface area (Å²) in [7, 11) is 0. The Bertz CT molecular complexity index is 1320. The molecule has 1 unspecified atom stereocenters. The minimum absolute atomic E-state index is 0.0410. The third-order valence-electron chi connectivity index (χ3n) is 7.41. The molecule has 0 amide bonds. The Morgan fingerprint density at radius 3 is 2.38 bits per heavy atom. The summed E-state index contributed by atoms with van der Waals surface area (Å²) in [6.07, 6.45) is -5.86. The highest BCUT2D eigenvalue weighted by Gasteiger charge is 2.56. The molecule has 14 heteroatoms. The van der Waals surface area contributed by atoms with Gasteiger partial charge in [0.2, 0.25) is 5.95 Å². The maximum Gasteiger partial charge on any atom is 0.417 e. The third kappa shape index (κ3) is 5.58. The SMILES string of the molecule is CC1(C(F)(F)F)CC=CN=C1N1CCc2nc(N3CCOCC3)nc(Nc3ccc(C(F)(F)F)c(Cl)c3)c2CC1. The molecule has 5 rings (SSSR count). The van der Waals surface area contributed by atoms with Crippen LogP contribution < -0.4 is 10.2 Å². The van der Waals surface area contributed by atoms with Gasteiger partial charge in [-0.15, -0.1) is 0 Å². The van der Waals surface area contributed by atoms with Gasteiger partial charge in [-0.3, -0.25) is 0 Å². The van der Waals surface area contributed by atoms with Gasteiger partial charge in [0.25, 0.3) is 0 Å². The number of allylic oxidation sites excluding steroid dienone is 1. The van der Waals surface area contributed by atoms with Crippen LogP contribution >= 0.6 is 11.6 Å². The Labute approximate surface area is 231 Å². The number of alkyl halides is 6. The van der Waals surface area contributed by atoms with Crippen LogP contribution in [0, 0.1) is 5.41 Å². The molecule has 216 valence electrons. The molecule has 0 radical (unpaired) electrons. The number of hydrogen-bond acceptors (Lipinski definition) is 7. The highest BCUT2D eigenvalue weighted by Crippen LogP contribution is 2.45. The van der Waals surface area contributed by atoms with Gasteiger partial charge in [0, 0.05) is 50.1 Å². The first kappa shape index (κ1) is 28.5. The lowest BCUT2D eigenvalue weighted by Gasteiger charge is -2.39. The molecule has 3 aliphatic heterocycles. The van der Waals surface area contributed by atoms with Gasteiger partial charge in [-0.2, -0.15) is 31.3 Å². The van der Waals surface area contributed by atoms with E-state index < -0.39 is 28.4 Å². The number of hydrogen-bond donors (Lipinski definition) is 1. The van der Waals surface area contributed by atoms with Gasteiger partial charge in [0.15, 0.2) is 0 Å². The van der Waals surface area contributed by atoms with E-state index in [0.717, 1.165) is 13.0 Å². The van der Waals surface area contributed by atoms with Crippen molar-refractivity contribution in [2.45, 2.75) is 38.5 Å². The molecule has 1 fully saturated rings. The topological polar surface area (TPSA) is 65.9 Å². The number of benzene rings is 1. The molecule has 4 heterocycles. The Hall–Kier alpha value is -3.06. The van der Waals surface area contributed by atoms with Crippen LogP contribution in [0.2, 0.25) is 5.02 Å². The summed E-state index contributed by atoms with van der Waals surface area (Å²) in [5.41, 5.74) is -1.46. The number of rotatable bonds is 3. The molecule has 3 aliphatic rings. The lowest BCUT2D eigenvalue weighted by molar-refractivity contribution is -0.194. The van der Waals surface area contributed by atoms with Crippen molar-refractivity contribution < 1.29 is 31.1 Å². The quantitative estimate of drug-likeness (QED) is 0.443. The molecule has 7 nitrogen and oxygen atoms in total. The van der Waals surface area contributed by atoms with Gasteiger partial charge in [-0.25, -0.2) is 9.98 Å². The van der Waals surface area contributed by atoms with Crippen LogP contribution in [0.15, 0.2) is 35.5 Å². The standard InChI is InChI=1S/C26H27ClF6N6O/c1-24(26(31,32)33)7-2-8-34-22(24)38-9-5-17-20(6-10-38)36-23(39-11-13-40-14-12-39)37-21(17)35-16-3-4-18(19(27)15-16)25(28,29)30/h2-4,8,15H,5-7,9-14H2,1H3,(H,35,36,37). The van der Waals surface area contributed by atoms with Crippen molar-refractivity contribution in [3.8, 4) is 0 Å². The zero-order valence-electron chi connectivity index (χ0n) is 21.5. The second-order valence-electron chi connectivity index (χ2n) is 10.1. The normalized spacial score (nSPS) is 22.1. The van der Waals surface area contributed by atoms with Gasteiger partial charge in [-0.1, -0.05) is 17.7 Å². The van der Waals surface area contributed by atoms with E-state index in [1.165, 1.54) is 24.4 Å². The molecular weight excluding hydrogens is 562 g/mol. The fourth-order valence-corrected chi connectivity index (χ4v) is 5.37. The maximum absolute atomic E-state index is 14.1. The molecule has 0 aliphatic carbocycles. The van der Waals surface area contributed by atoms with Crippen LogP contribution in [0.25, 0.3) is 0 Å². The largest absolute Gasteiger partial charge is 0.417 e. The summed E-state index contributed by atoms with van der Waals surface area (Å²) in [5, 5.41) is 2.63. The van der Waals surface area contributed by atoms with Gasteiger partial charge in [0.05, 0.1) is 29.5 Å². The summed E-state index contributed by atoms with van der Waals surface area (Å²) in [5.74, 6) is 0.739. The number of nitrogens with one attached hydrogen (secondary N) is 1. The summed E-state index contributed by atoms with van der Waals surface area (Å²) in [4.78, 5) is 17.2. The van der Waals surface area contributed by atoms with E-state index in [1.54, 1.807) is 4.90 Å². The van der Waals surface area contributed by atoms with Crippen molar-refractivity contribution in [3.05, 3.63) is 52.3 Å². The van der Waals surface area contributed by atoms with Crippen molar-refractivity contribution in [2.24, 2.45) is 10.4 Å². The fraction of sp³-hybridized carbons (Fsp3) is 0.500. The molecule has 40 heavy (non-hydrogen) atoms. The zero-order chi connectivity index (χ0) is 28.7. The van der Waals surface area contributed by atoms with Crippen molar-refractivity contribution in [3.63, 3.8) is 0 Å². The van der Waals surface area contributed by atoms with E-state index in [0.29, 0.717) is 67.9 Å². The van der Waals surface area contributed by atoms with E-state index in [4.69, 9.17) is 26.3 Å². The average Bonchev–Trinajstić information content (AvgIpc) is 3.11. The Morgan fingerprint density at radius 2 is 1.70 bits per heavy atom. The summed E-state index contributed by atoms with van der Waals surface area (Å²) in [6, 6.07) is 3.33. The molecule has 0 saturated carbocycles. The van der Waals surface area contributed by atoms with Crippen LogP contribution in [0.1, 0.15) is 30.2 Å². The van der Waals surface area contributed by atoms with Crippen LogP contribution in [-0.4, -0.2) is 66.3 Å². The van der Waals surface area contributed by atoms with E-state index >= 15 is 0 Å². The highest BCUT2D eigenvalue weighted by atomic mass is 35.5. The average molecular weight is 589 g/mol. The van der Waals surface area contributed by atoms with Gasteiger partial charge < -0.3 is 19.9 Å². The number of nitrogens with zero attached hydrogens (tertiary/aromatic N) is 5. The Balaban J connectivity index is 1.49. The molecule has 1 atom stereocenters. The third-order valence-corrected chi connectivity index (χ3v) is 7.72. The number of halogens is 7. The van der Waals surface area contributed by atoms with Crippen molar-refractivity contribution in [2.75, 3.05) is 49.6 Å². The molecule has 2 aromatic rings. The second kappa shape index (κ2) is 10.7. The summed E-state index contributed by atoms with van der Waals surface area (Å²) < 4.78 is 87.5. The van der Waals surface area contributed by atoms with E-state index in [9.17, 15) is 26.3 Å². The first-order chi connectivity index (χ1) is 18.9. The molecule has 1 saturated heterocycles. The molecule has 1 aromatic heterocycles. The van der Waals surface area contributed by atoms with Crippen LogP contribution in [-0.2, 0) is 23.8 Å². The first-order valence-corrected chi connectivity index (χ1v) is 13.2. The van der Waals surface area contributed by atoms with E-state index in [2.05, 4.69) is 10.3 Å². The summed E-state index contributed by atoms with van der Waals surface area (Å²) >= 11 is 5.94. The van der Waals surface area contributed by atoms with Gasteiger partial charge in [0.1, 0.15) is 17.1 Å². The predicted octanol–water partition coefficient (Wildman–Crippen LogP) is 6.01. The van der Waals surface area contributed by atoms with Gasteiger partial charge in [-0.05, 0) is 38.0 Å². The van der Waals surface area contributed by atoms with Crippen LogP contribution in [0.3, 0.4) is 0 Å². The van der Waals surface area contributed by atoms with E-state index in [-0.39, 0.29) is 25.3 Å². The van der Waals surface area contributed by atoms with Crippen LogP contribution in [0.5, 0.6) is 0 Å². The number of fused-ring (bicyclic) bond motifs is 1. The Morgan fingerprint density at radius 1 is 0.975 bits per heavy atom. The highest BCUT2D eigenvalue weighted by molar-refractivity contribution is 6.31. The monoisotopic (exact) mass is 588 g/mol. The smallest absolute Gasteiger partial charge is 0.378 e. The van der Waals surface area contributed by atoms with Crippen molar-refractivity contribution >= 4 is 34.9 Å². The Kier molecular flexibility index (Phi) is 7.64. The first-order valence-electron chi connectivity index (χ1n) is 12.8. The fourth-order valence-electron chi connectivity index (χ4n) is 5.08. The summed E-state index contributed by atoms with van der Waals surface area (Å²) in [6.45, 7) is 3.70. The molecule has 1 N–H and O–H groups in total. The second-order valence-corrected chi connectivity index (χ2v) is 10.5. The number of anilines is 3. The number of amidine groups is 1. The van der Waals surface area contributed by atoms with Crippen molar-refractivity contribution in [1.82, 2.24) is 14.9 Å². The zero-order valence-corrected chi connectivity index (χ0v) is 22.3.